The molecule has 32 nitrogen and oxygen atoms in total. The number of halogens is 4. The number of ether oxygens (including phenoxy) is 4. The van der Waals surface area contributed by atoms with Crippen LogP contribution in [-0.2, 0) is 44.6 Å². The molecule has 662 valence electrons. The van der Waals surface area contributed by atoms with Gasteiger partial charge in [-0.3, -0.25) is 75.3 Å². The third-order valence-corrected chi connectivity index (χ3v) is 24.3. The Morgan fingerprint density at radius 3 is 0.891 bits per heavy atom. The fraction of sp³-hybridized carbons (Fsp3) is 0.398. The Bertz CT molecular complexity index is 6500. The molecule has 8 fully saturated rings. The number of hydrogen-bond donors (Lipinski definition) is 0. The lowest BCUT2D eigenvalue weighted by Crippen LogP contribution is -2.40. The highest BCUT2D eigenvalue weighted by Crippen LogP contribution is 2.45. The van der Waals surface area contributed by atoms with Crippen LogP contribution in [0.3, 0.4) is 0 Å². The van der Waals surface area contributed by atoms with Gasteiger partial charge in [0.05, 0.1) is 72.2 Å². The molecule has 0 radical (unpaired) electrons. The van der Waals surface area contributed by atoms with Crippen molar-refractivity contribution in [1.29, 1.82) is 0 Å². The number of amides is 4. The van der Waals surface area contributed by atoms with E-state index in [1.165, 1.54) is 71.3 Å². The molecule has 0 spiro atoms. The van der Waals surface area contributed by atoms with Gasteiger partial charge in [0.15, 0.2) is 26.4 Å². The normalized spacial score (nSPS) is 16.6. The van der Waals surface area contributed by atoms with Gasteiger partial charge in [0, 0.05) is 113 Å². The molecule has 20 rings (SSSR count). The molecular formula is C93H86Cl3FN16O16. The van der Waals surface area contributed by atoms with Gasteiger partial charge in [-0.05, 0) is 187 Å². The predicted molar refractivity (Wildman–Crippen MR) is 485 cm³/mol. The first-order valence-electron chi connectivity index (χ1n) is 42.7. The third kappa shape index (κ3) is 18.9. The lowest BCUT2D eigenvalue weighted by molar-refractivity contribution is 0.168. The van der Waals surface area contributed by atoms with Crippen LogP contribution in [0.25, 0.3) is 0 Å². The monoisotopic (exact) mass is 1810 g/mol. The molecule has 0 unspecified atom stereocenters. The van der Waals surface area contributed by atoms with Crippen molar-refractivity contribution < 1.29 is 42.5 Å². The molecule has 129 heavy (non-hydrogen) atoms. The average molecular weight is 1810 g/mol. The zero-order chi connectivity index (χ0) is 90.5. The van der Waals surface area contributed by atoms with Crippen molar-refractivity contribution in [3.63, 3.8) is 0 Å². The molecule has 0 bridgehead atoms. The quantitative estimate of drug-likeness (QED) is 0.0640. The maximum absolute atomic E-state index is 13.8. The van der Waals surface area contributed by atoms with Gasteiger partial charge in [-0.2, -0.15) is 0 Å². The molecule has 8 aromatic rings. The van der Waals surface area contributed by atoms with E-state index in [1.807, 2.05) is 31.2 Å². The molecule has 12 aliphatic rings. The fourth-order valence-electron chi connectivity index (χ4n) is 15.6. The van der Waals surface area contributed by atoms with Gasteiger partial charge in [-0.15, -0.1) is 0 Å². The first-order valence-corrected chi connectivity index (χ1v) is 43.8. The van der Waals surface area contributed by atoms with Crippen LogP contribution in [0.1, 0.15) is 179 Å². The summed E-state index contributed by atoms with van der Waals surface area (Å²) in [6, 6.07) is 25.6. The molecule has 4 amide bonds. The Morgan fingerprint density at radius 2 is 0.605 bits per heavy atom. The Kier molecular flexibility index (Phi) is 24.8. The Hall–Kier alpha value is -13.6. The highest BCUT2D eigenvalue weighted by Gasteiger charge is 2.42. The van der Waals surface area contributed by atoms with Crippen LogP contribution in [0.5, 0.6) is 0 Å². The summed E-state index contributed by atoms with van der Waals surface area (Å²) < 4.78 is 46.8. The van der Waals surface area contributed by atoms with Gasteiger partial charge in [0.1, 0.15) is 29.1 Å². The number of carbonyl (C=O) groups excluding carboxylic acids is 4. The SMILES string of the molecule is CN(C(=O)OCC#CC1=Nc2c(c(=O)n(C3CC3)c(=O)n2C2CC2)C1)c1ccc(Cl)cc1Cl.CN(C(=O)OCC#CC1=Nc2c(c(=O)n(C3CC3)c(=O)n2C2CC2)C1)c1ccccc1Cl.CN(C(=O)OCC#CC1=Nc2c(c(=O)n(C3CC3)c(=O)n2C2CC2)C1)c1ccccc1F.Cc1ccccc1N(C)C(=O)OCC#CC1=Nc2c(c(=O)n(C3CC3)c(=O)n2C2CC2)C1. The number of fused-ring (bicyclic) bond motifs is 4. The Morgan fingerprint density at radius 1 is 0.349 bits per heavy atom. The molecule has 0 atom stereocenters. The summed E-state index contributed by atoms with van der Waals surface area (Å²) in [6.07, 6.45) is 12.8. The molecular weight excluding hydrogens is 1720 g/mol. The van der Waals surface area contributed by atoms with E-state index >= 15 is 0 Å². The molecule has 4 aliphatic heterocycles. The van der Waals surface area contributed by atoms with Crippen molar-refractivity contribution >= 4 is 128 Å². The number of aliphatic imine (C=N–C) groups is 4. The number of carbonyl (C=O) groups is 4. The summed E-state index contributed by atoms with van der Waals surface area (Å²) in [6.45, 7) is 1.32. The van der Waals surface area contributed by atoms with Crippen molar-refractivity contribution in [2.24, 2.45) is 20.0 Å². The van der Waals surface area contributed by atoms with Crippen LogP contribution in [-0.4, -0.2) is 138 Å². The highest BCUT2D eigenvalue weighted by atomic mass is 35.5. The number of aromatic nitrogens is 8. The first kappa shape index (κ1) is 87.5. The van der Waals surface area contributed by atoms with E-state index in [-0.39, 0.29) is 145 Å². The molecule has 8 heterocycles. The molecule has 4 aromatic carbocycles. The van der Waals surface area contributed by atoms with Crippen LogP contribution in [0.4, 0.5) is 69.6 Å². The van der Waals surface area contributed by atoms with Crippen LogP contribution >= 0.6 is 34.8 Å². The van der Waals surface area contributed by atoms with Gasteiger partial charge >= 0.3 is 47.1 Å². The summed E-state index contributed by atoms with van der Waals surface area (Å²) in [7, 11) is 6.16. The number of rotatable bonds is 16. The largest absolute Gasteiger partial charge is 0.436 e. The van der Waals surface area contributed by atoms with Crippen molar-refractivity contribution in [1.82, 2.24) is 36.5 Å². The summed E-state index contributed by atoms with van der Waals surface area (Å²) in [4.78, 5) is 175. The van der Waals surface area contributed by atoms with Gasteiger partial charge in [-0.1, -0.05) is 101 Å². The minimum atomic E-state index is -0.740. The van der Waals surface area contributed by atoms with Crippen LogP contribution in [0, 0.1) is 60.1 Å². The number of para-hydroxylation sites is 3. The number of benzene rings is 4. The van der Waals surface area contributed by atoms with E-state index in [2.05, 4.69) is 67.3 Å². The Labute approximate surface area is 751 Å². The van der Waals surface area contributed by atoms with Gasteiger partial charge in [-0.25, -0.2) is 62.7 Å². The molecule has 8 saturated carbocycles. The standard InChI is InChI=1S/C24H24N4O4.C23H20Cl2N4O4.C23H21ClN4O4.C23H21FN4O4/c1-15-6-3-4-8-20(15)26(2)24(31)32-13-5-7-16-14-19-21(25-16)27(17-9-10-17)23(30)28(22(19)29)18-11-12-18;1-27(19-9-4-13(24)11-18(19)25)23(32)33-10-2-3-14-12-17-20(26-14)28(15-5-6-15)22(31)29(21(17)30)16-7-8-16;2*1-26(19-7-3-2-6-18(19)24)23(31)32-12-4-5-14-13-17-20(25-14)27(15-8-9-15)22(30)28(21(17)29)16-10-11-16/h3-4,6,8,17-18H,9-14H2,1-2H3;4,9,11,15-16H,5-8,10,12H2,1H3;2*2-3,6-7,15-16H,8-13H2,1H3. The molecule has 36 heteroatoms. The number of nitrogens with zero attached hydrogens (tertiary/aromatic N) is 16. The minimum Gasteiger partial charge on any atom is -0.436 e. The van der Waals surface area contributed by atoms with E-state index in [1.54, 1.807) is 74.8 Å². The van der Waals surface area contributed by atoms with E-state index in [0.29, 0.717) is 101 Å². The third-order valence-electron chi connectivity index (χ3n) is 23.5. The van der Waals surface area contributed by atoms with Gasteiger partial charge in [0.2, 0.25) is 0 Å². The van der Waals surface area contributed by atoms with Crippen LogP contribution in [0.15, 0.2) is 149 Å². The van der Waals surface area contributed by atoms with Gasteiger partial charge < -0.3 is 18.9 Å². The van der Waals surface area contributed by atoms with Crippen molar-refractivity contribution in [2.45, 2.75) is 184 Å². The van der Waals surface area contributed by atoms with E-state index in [0.717, 1.165) is 119 Å². The van der Waals surface area contributed by atoms with E-state index < -0.39 is 30.2 Å². The number of hydrogen-bond acceptors (Lipinski definition) is 20. The van der Waals surface area contributed by atoms with Gasteiger partial charge in [0.25, 0.3) is 22.2 Å². The smallest absolute Gasteiger partial charge is 0.415 e. The maximum atomic E-state index is 13.8. The number of anilines is 4. The molecule has 8 aliphatic carbocycles. The summed E-state index contributed by atoms with van der Waals surface area (Å²) in [5, 5.41) is 1.23. The second-order valence-corrected chi connectivity index (χ2v) is 34.5. The zero-order valence-corrected chi connectivity index (χ0v) is 73.2. The zero-order valence-electron chi connectivity index (χ0n) is 70.9. The average Bonchev–Trinajstić information content (AvgIpc) is 1.60. The van der Waals surface area contributed by atoms with Crippen LogP contribution < -0.4 is 64.6 Å². The lowest BCUT2D eigenvalue weighted by atomic mass is 10.2. The first-order chi connectivity index (χ1) is 62.2. The second kappa shape index (κ2) is 36.6. The predicted octanol–water partition coefficient (Wildman–Crippen LogP) is 12.7. The van der Waals surface area contributed by atoms with E-state index in [4.69, 9.17) is 53.8 Å². The fourth-order valence-corrected chi connectivity index (χ4v) is 16.4. The highest BCUT2D eigenvalue weighted by molar-refractivity contribution is 6.36. The lowest BCUT2D eigenvalue weighted by Gasteiger charge is -2.18. The van der Waals surface area contributed by atoms with Crippen molar-refractivity contribution in [3.8, 4) is 47.4 Å². The summed E-state index contributed by atoms with van der Waals surface area (Å²) in [5.74, 6) is 23.8. The van der Waals surface area contributed by atoms with Crippen molar-refractivity contribution in [2.75, 3.05) is 74.2 Å². The molecule has 0 N–H and O–H groups in total. The number of aryl methyl sites for hydroxylation is 1. The molecule has 4 aromatic heterocycles. The van der Waals surface area contributed by atoms with Crippen LogP contribution in [0.2, 0.25) is 15.1 Å². The second-order valence-electron chi connectivity index (χ2n) is 33.3. The molecule has 0 saturated heterocycles. The maximum Gasteiger partial charge on any atom is 0.415 e. The summed E-state index contributed by atoms with van der Waals surface area (Å²) in [5.41, 5.74) is 4.81. The Balaban J connectivity index is 0.000000121. The topological polar surface area (TPSA) is 344 Å². The van der Waals surface area contributed by atoms with E-state index in [9.17, 15) is 61.9 Å². The summed E-state index contributed by atoms with van der Waals surface area (Å²) >= 11 is 18.1. The van der Waals surface area contributed by atoms with Crippen molar-refractivity contribution in [3.05, 3.63) is 223 Å². The minimum absolute atomic E-state index is 0.000907.